The quantitative estimate of drug-likeness (QED) is 0.376. The number of nitrogens with zero attached hydrogens (tertiary/aromatic N) is 1. The van der Waals surface area contributed by atoms with E-state index in [4.69, 9.17) is 14.2 Å². The molecule has 4 aliphatic rings. The monoisotopic (exact) mass is 471 g/mol. The highest BCUT2D eigenvalue weighted by Crippen LogP contribution is 2.62. The minimum atomic E-state index is -0.439. The molecule has 34 heavy (non-hydrogen) atoms. The first-order chi connectivity index (χ1) is 16.2. The molecule has 1 spiro atoms. The molecule has 1 aromatic carbocycles. The van der Waals surface area contributed by atoms with Crippen molar-refractivity contribution in [3.8, 4) is 11.5 Å². The van der Waals surface area contributed by atoms with Gasteiger partial charge in [-0.3, -0.25) is 14.4 Å². The van der Waals surface area contributed by atoms with E-state index in [0.29, 0.717) is 24.1 Å². The lowest BCUT2D eigenvalue weighted by atomic mass is 9.53. The van der Waals surface area contributed by atoms with E-state index in [-0.39, 0.29) is 35.3 Å². The van der Waals surface area contributed by atoms with Gasteiger partial charge < -0.3 is 23.8 Å². The molecule has 2 heterocycles. The van der Waals surface area contributed by atoms with Crippen LogP contribution in [0.2, 0.25) is 0 Å². The Balaban J connectivity index is 0.000000344. The maximum Gasteiger partial charge on any atom is 0.308 e. The second-order valence-corrected chi connectivity index (χ2v) is 9.43. The van der Waals surface area contributed by atoms with Crippen LogP contribution in [0.4, 0.5) is 0 Å². The maximum absolute atomic E-state index is 11.7. The van der Waals surface area contributed by atoms with Crippen LogP contribution in [-0.4, -0.2) is 61.3 Å². The van der Waals surface area contributed by atoms with E-state index < -0.39 is 6.10 Å². The van der Waals surface area contributed by atoms with Gasteiger partial charge in [0, 0.05) is 43.7 Å². The van der Waals surface area contributed by atoms with E-state index in [2.05, 4.69) is 28.8 Å². The zero-order chi connectivity index (χ0) is 24.6. The Bertz CT molecular complexity index is 1020. The summed E-state index contributed by atoms with van der Waals surface area (Å²) in [4.78, 5) is 35.7. The lowest BCUT2D eigenvalue weighted by molar-refractivity contribution is -0.152. The average Bonchev–Trinajstić information content (AvgIpc) is 3.12. The minimum Gasteiger partial charge on any atom is -0.481 e. The normalized spacial score (nSPS) is 29.7. The van der Waals surface area contributed by atoms with Crippen LogP contribution >= 0.6 is 0 Å². The van der Waals surface area contributed by atoms with E-state index >= 15 is 0 Å². The molecule has 0 saturated carbocycles. The fourth-order valence-electron chi connectivity index (χ4n) is 5.98. The van der Waals surface area contributed by atoms with Crippen molar-refractivity contribution in [2.75, 3.05) is 20.2 Å². The molecule has 2 bridgehead atoms. The Labute approximate surface area is 200 Å². The van der Waals surface area contributed by atoms with Gasteiger partial charge in [-0.05, 0) is 50.6 Å². The first-order valence-corrected chi connectivity index (χ1v) is 11.9. The number of ether oxygens (including phenoxy) is 4. The molecule has 1 aromatic rings. The summed E-state index contributed by atoms with van der Waals surface area (Å²) in [5.74, 6) is 0.519. The molecule has 0 radical (unpaired) electrons. The Morgan fingerprint density at radius 2 is 1.88 bits per heavy atom. The van der Waals surface area contributed by atoms with E-state index in [1.54, 1.807) is 0 Å². The lowest BCUT2D eigenvalue weighted by Gasteiger charge is -2.56. The molecule has 5 atom stereocenters. The largest absolute Gasteiger partial charge is 0.481 e. The van der Waals surface area contributed by atoms with Crippen molar-refractivity contribution in [2.45, 2.75) is 70.6 Å². The number of likely N-dealkylation sites (N-methyl/N-ethyl adjacent to an activating group) is 1. The minimum absolute atomic E-state index is 0.193. The molecule has 184 valence electrons. The summed E-state index contributed by atoms with van der Waals surface area (Å²) in [6, 6.07) is 4.28. The molecule has 8 nitrogen and oxygen atoms in total. The lowest BCUT2D eigenvalue weighted by Crippen LogP contribution is -2.65. The van der Waals surface area contributed by atoms with Gasteiger partial charge in [0.2, 0.25) is 0 Å². The summed E-state index contributed by atoms with van der Waals surface area (Å²) in [6.45, 7) is 7.70. The molecular weight excluding hydrogens is 438 g/mol. The average molecular weight is 472 g/mol. The molecule has 0 amide bonds. The smallest absolute Gasteiger partial charge is 0.308 e. The van der Waals surface area contributed by atoms with Crippen LogP contribution in [0.1, 0.15) is 51.7 Å². The van der Waals surface area contributed by atoms with E-state index in [9.17, 15) is 14.4 Å². The van der Waals surface area contributed by atoms with Gasteiger partial charge in [-0.25, -0.2) is 0 Å². The number of rotatable bonds is 4. The Kier molecular flexibility index (Phi) is 6.71. The highest BCUT2D eigenvalue weighted by molar-refractivity contribution is 5.73. The fraction of sp³-hybridized carbons (Fsp3) is 0.577. The second kappa shape index (κ2) is 9.41. The second-order valence-electron chi connectivity index (χ2n) is 9.43. The van der Waals surface area contributed by atoms with Gasteiger partial charge in [-0.1, -0.05) is 19.1 Å². The molecule has 0 unspecified atom stereocenters. The highest BCUT2D eigenvalue weighted by atomic mass is 16.6. The van der Waals surface area contributed by atoms with Gasteiger partial charge in [-0.2, -0.15) is 0 Å². The summed E-state index contributed by atoms with van der Waals surface area (Å²) in [6.07, 6.45) is 6.21. The first-order valence-electron chi connectivity index (χ1n) is 11.9. The number of carbonyl (C=O) groups is 3. The third kappa shape index (κ3) is 4.08. The molecule has 5 rings (SSSR count). The molecule has 0 aromatic heterocycles. The van der Waals surface area contributed by atoms with Crippen LogP contribution in [0.3, 0.4) is 0 Å². The van der Waals surface area contributed by atoms with Crippen molar-refractivity contribution in [1.82, 2.24) is 4.90 Å². The summed E-state index contributed by atoms with van der Waals surface area (Å²) < 4.78 is 22.0. The predicted octanol–water partition coefficient (Wildman–Crippen LogP) is 2.95. The zero-order valence-corrected chi connectivity index (χ0v) is 20.5. The predicted molar refractivity (Wildman–Crippen MR) is 124 cm³/mol. The standard InChI is InChI=1S/C21H23NO5.C5H10O2/c1-11(23)25-16-6-4-13-10-15-14-5-7-17(26-12(2)24)20-21(14,8-9-22(15)3)18(13)19(16)27-20;1-3-4-7-5(2)6/h4-7,14-15,17,20H,8-10H2,1-3H3;3-4H2,1-2H3/t14-,15+,17-,20-,21-;/m0./s1. The van der Waals surface area contributed by atoms with Crippen LogP contribution in [0.5, 0.6) is 11.5 Å². The van der Waals surface area contributed by atoms with Gasteiger partial charge in [0.05, 0.1) is 6.61 Å². The molecular formula is C26H33NO7. The first kappa shape index (κ1) is 24.3. The van der Waals surface area contributed by atoms with Gasteiger partial charge in [-0.15, -0.1) is 0 Å². The molecule has 2 aliphatic carbocycles. The van der Waals surface area contributed by atoms with Crippen molar-refractivity contribution in [3.63, 3.8) is 0 Å². The molecule has 8 heteroatoms. The Morgan fingerprint density at radius 1 is 1.12 bits per heavy atom. The number of hydrogen-bond acceptors (Lipinski definition) is 8. The van der Waals surface area contributed by atoms with Crippen LogP contribution in [-0.2, 0) is 35.7 Å². The summed E-state index contributed by atoms with van der Waals surface area (Å²) in [5, 5.41) is 0. The summed E-state index contributed by atoms with van der Waals surface area (Å²) in [7, 11) is 2.17. The maximum atomic E-state index is 11.7. The third-order valence-electron chi connectivity index (χ3n) is 7.18. The van der Waals surface area contributed by atoms with Gasteiger partial charge >= 0.3 is 17.9 Å². The van der Waals surface area contributed by atoms with E-state index in [1.807, 2.05) is 19.1 Å². The summed E-state index contributed by atoms with van der Waals surface area (Å²) >= 11 is 0. The highest BCUT2D eigenvalue weighted by Gasteiger charge is 2.65. The fourth-order valence-corrected chi connectivity index (χ4v) is 5.98. The zero-order valence-electron chi connectivity index (χ0n) is 20.5. The van der Waals surface area contributed by atoms with Crippen LogP contribution in [0.15, 0.2) is 24.3 Å². The van der Waals surface area contributed by atoms with Crippen molar-refractivity contribution in [1.29, 1.82) is 0 Å². The number of carbonyl (C=O) groups excluding carboxylic acids is 3. The number of likely N-dealkylation sites (tertiary alicyclic amines) is 1. The molecule has 0 N–H and O–H groups in total. The van der Waals surface area contributed by atoms with Gasteiger partial charge in [0.15, 0.2) is 17.6 Å². The van der Waals surface area contributed by atoms with E-state index in [0.717, 1.165) is 31.4 Å². The third-order valence-corrected chi connectivity index (χ3v) is 7.18. The van der Waals surface area contributed by atoms with Crippen LogP contribution < -0.4 is 9.47 Å². The van der Waals surface area contributed by atoms with Crippen molar-refractivity contribution in [3.05, 3.63) is 35.4 Å². The van der Waals surface area contributed by atoms with Gasteiger partial charge in [0.1, 0.15) is 6.10 Å². The molecule has 1 fully saturated rings. The Morgan fingerprint density at radius 3 is 2.50 bits per heavy atom. The van der Waals surface area contributed by atoms with Crippen LogP contribution in [0.25, 0.3) is 0 Å². The Hall–Kier alpha value is -2.87. The number of benzene rings is 1. The van der Waals surface area contributed by atoms with Crippen molar-refractivity contribution < 1.29 is 33.3 Å². The van der Waals surface area contributed by atoms with E-state index in [1.165, 1.54) is 26.3 Å². The summed E-state index contributed by atoms with van der Waals surface area (Å²) in [5.41, 5.74) is 2.15. The number of piperidine rings is 1. The van der Waals surface area contributed by atoms with Crippen molar-refractivity contribution in [2.24, 2.45) is 5.92 Å². The topological polar surface area (TPSA) is 91.4 Å². The SMILES string of the molecule is CC(=O)Oc1ccc2c3c1O[C@H]1[C@@H](OC(C)=O)C=C[C@H]4[C@@H](C2)N(C)CC[C@@]341.CCCOC(C)=O. The van der Waals surface area contributed by atoms with Crippen molar-refractivity contribution >= 4 is 17.9 Å². The van der Waals surface area contributed by atoms with Crippen LogP contribution in [0, 0.1) is 5.92 Å². The number of hydrogen-bond donors (Lipinski definition) is 0. The molecule has 1 saturated heterocycles. The number of esters is 3. The van der Waals surface area contributed by atoms with Gasteiger partial charge in [0.25, 0.3) is 0 Å². The molecule has 2 aliphatic heterocycles.